The molecule has 1 amide bonds. The Hall–Kier alpha value is -2.73. The van der Waals surface area contributed by atoms with Crippen molar-refractivity contribution < 1.29 is 9.53 Å². The van der Waals surface area contributed by atoms with E-state index in [0.717, 1.165) is 27.9 Å². The number of hydrogen-bond donors (Lipinski definition) is 0. The van der Waals surface area contributed by atoms with Gasteiger partial charge >= 0.3 is 0 Å². The largest absolute Gasteiger partial charge is 0.497 e. The number of ether oxygens (including phenoxy) is 1. The van der Waals surface area contributed by atoms with Crippen LogP contribution in [0.3, 0.4) is 0 Å². The van der Waals surface area contributed by atoms with Gasteiger partial charge in [0.1, 0.15) is 5.75 Å². The van der Waals surface area contributed by atoms with Crippen LogP contribution < -0.4 is 4.74 Å². The van der Waals surface area contributed by atoms with Gasteiger partial charge in [-0.15, -0.1) is 0 Å². The summed E-state index contributed by atoms with van der Waals surface area (Å²) in [7, 11) is 5.17. The highest BCUT2D eigenvalue weighted by Crippen LogP contribution is 2.26. The first-order valence-electron chi connectivity index (χ1n) is 8.19. The second kappa shape index (κ2) is 8.10. The Morgan fingerprint density at radius 3 is 2.65 bits per heavy atom. The summed E-state index contributed by atoms with van der Waals surface area (Å²) in [6, 6.07) is 15.6. The van der Waals surface area contributed by atoms with E-state index in [1.807, 2.05) is 59.3 Å². The van der Waals surface area contributed by atoms with Crippen LogP contribution in [0, 0.1) is 0 Å². The lowest BCUT2D eigenvalue weighted by Gasteiger charge is -2.11. The van der Waals surface area contributed by atoms with E-state index in [2.05, 4.69) is 4.98 Å². The lowest BCUT2D eigenvalue weighted by Crippen LogP contribution is -2.21. The molecular weight excluding hydrogens is 346 g/mol. The molecule has 0 N–H and O–H groups in total. The fraction of sp³-hybridized carbons (Fsp3) is 0.200. The molecule has 0 fully saturated rings. The zero-order valence-corrected chi connectivity index (χ0v) is 15.9. The minimum Gasteiger partial charge on any atom is -0.497 e. The lowest BCUT2D eigenvalue weighted by atomic mass is 10.1. The van der Waals surface area contributed by atoms with Gasteiger partial charge in [0.05, 0.1) is 12.8 Å². The van der Waals surface area contributed by atoms with Crippen LogP contribution in [0.4, 0.5) is 0 Å². The molecule has 0 saturated heterocycles. The number of carbonyl (C=O) groups excluding carboxylic acids is 1. The number of benzene rings is 2. The molecule has 0 radical (unpaired) electrons. The maximum absolute atomic E-state index is 12.0. The summed E-state index contributed by atoms with van der Waals surface area (Å²) in [6.45, 7) is 0. The second-order valence-corrected chi connectivity index (χ2v) is 6.91. The third kappa shape index (κ3) is 4.08. The van der Waals surface area contributed by atoms with Crippen molar-refractivity contribution in [2.75, 3.05) is 21.2 Å². The van der Waals surface area contributed by atoms with Gasteiger partial charge < -0.3 is 9.64 Å². The number of hydrogen-bond acceptors (Lipinski definition) is 4. The molecule has 5 nitrogen and oxygen atoms in total. The highest BCUT2D eigenvalue weighted by Gasteiger charge is 2.09. The third-order valence-electron chi connectivity index (χ3n) is 3.91. The number of thioether (sulfide) groups is 1. The van der Waals surface area contributed by atoms with Crippen LogP contribution in [0.5, 0.6) is 5.75 Å². The first-order valence-corrected chi connectivity index (χ1v) is 9.18. The van der Waals surface area contributed by atoms with Crippen molar-refractivity contribution in [2.45, 2.75) is 10.9 Å². The zero-order valence-electron chi connectivity index (χ0n) is 15.0. The van der Waals surface area contributed by atoms with Crippen molar-refractivity contribution in [3.63, 3.8) is 0 Å². The van der Waals surface area contributed by atoms with Gasteiger partial charge in [-0.2, -0.15) is 0 Å². The monoisotopic (exact) mass is 367 g/mol. The van der Waals surface area contributed by atoms with E-state index in [0.29, 0.717) is 5.56 Å². The van der Waals surface area contributed by atoms with Crippen LogP contribution >= 0.6 is 11.8 Å². The van der Waals surface area contributed by atoms with Crippen molar-refractivity contribution in [1.29, 1.82) is 0 Å². The van der Waals surface area contributed by atoms with E-state index in [9.17, 15) is 4.79 Å². The molecule has 0 aliphatic carbocycles. The van der Waals surface area contributed by atoms with Crippen LogP contribution in [0.25, 0.3) is 5.69 Å². The van der Waals surface area contributed by atoms with E-state index >= 15 is 0 Å². The van der Waals surface area contributed by atoms with Crippen LogP contribution in [0.2, 0.25) is 0 Å². The summed E-state index contributed by atoms with van der Waals surface area (Å²) >= 11 is 1.65. The highest BCUT2D eigenvalue weighted by molar-refractivity contribution is 7.98. The molecule has 0 aliphatic heterocycles. The van der Waals surface area contributed by atoms with Gasteiger partial charge in [0.25, 0.3) is 5.91 Å². The number of aromatic nitrogens is 2. The molecule has 1 heterocycles. The molecular formula is C20H21N3O2S. The quantitative estimate of drug-likeness (QED) is 0.621. The van der Waals surface area contributed by atoms with E-state index in [1.165, 1.54) is 0 Å². The molecule has 1 aromatic heterocycles. The van der Waals surface area contributed by atoms with Gasteiger partial charge in [-0.25, -0.2) is 4.98 Å². The number of imidazole rings is 1. The molecule has 0 bridgehead atoms. The molecule has 0 spiro atoms. The van der Waals surface area contributed by atoms with Crippen LogP contribution in [-0.4, -0.2) is 41.6 Å². The molecule has 2 aromatic carbocycles. The van der Waals surface area contributed by atoms with Crippen molar-refractivity contribution in [3.8, 4) is 11.4 Å². The molecule has 0 aliphatic rings. The van der Waals surface area contributed by atoms with Gasteiger partial charge in [0, 0.05) is 43.9 Å². The summed E-state index contributed by atoms with van der Waals surface area (Å²) in [5.41, 5.74) is 2.85. The van der Waals surface area contributed by atoms with Gasteiger partial charge in [-0.3, -0.25) is 9.36 Å². The SMILES string of the molecule is COc1cccc(-n2ccnc2SCc2ccc(C(=O)N(C)C)cc2)c1. The van der Waals surface area contributed by atoms with Crippen LogP contribution in [-0.2, 0) is 5.75 Å². The molecule has 26 heavy (non-hydrogen) atoms. The summed E-state index contributed by atoms with van der Waals surface area (Å²) in [5, 5.41) is 0.909. The van der Waals surface area contributed by atoms with Crippen LogP contribution in [0.1, 0.15) is 15.9 Å². The molecule has 6 heteroatoms. The number of nitrogens with zero attached hydrogens (tertiary/aromatic N) is 3. The normalized spacial score (nSPS) is 10.6. The Labute approximate surface area is 157 Å². The van der Waals surface area contributed by atoms with Gasteiger partial charge in [0.2, 0.25) is 0 Å². The van der Waals surface area contributed by atoms with Gasteiger partial charge in [0.15, 0.2) is 5.16 Å². The molecule has 0 atom stereocenters. The molecule has 134 valence electrons. The minimum absolute atomic E-state index is 0.0118. The molecule has 0 unspecified atom stereocenters. The number of methoxy groups -OCH3 is 1. The topological polar surface area (TPSA) is 47.4 Å². The van der Waals surface area contributed by atoms with Gasteiger partial charge in [-0.1, -0.05) is 30.0 Å². The van der Waals surface area contributed by atoms with Crippen molar-refractivity contribution in [1.82, 2.24) is 14.5 Å². The number of amides is 1. The first-order chi connectivity index (χ1) is 12.6. The highest BCUT2D eigenvalue weighted by atomic mass is 32.2. The number of carbonyl (C=O) groups is 1. The fourth-order valence-corrected chi connectivity index (χ4v) is 3.43. The van der Waals surface area contributed by atoms with Crippen molar-refractivity contribution in [2.24, 2.45) is 0 Å². The standard InChI is InChI=1S/C20H21N3O2S/c1-22(2)19(24)16-9-7-15(8-10-16)14-26-20-21-11-12-23(20)17-5-4-6-18(13-17)25-3/h4-13H,14H2,1-3H3. The van der Waals surface area contributed by atoms with Crippen molar-refractivity contribution >= 4 is 17.7 Å². The van der Waals surface area contributed by atoms with Crippen LogP contribution in [0.15, 0.2) is 66.1 Å². The lowest BCUT2D eigenvalue weighted by molar-refractivity contribution is 0.0827. The fourth-order valence-electron chi connectivity index (χ4n) is 2.50. The predicted octanol–water partition coefficient (Wildman–Crippen LogP) is 3.88. The summed E-state index contributed by atoms with van der Waals surface area (Å²) < 4.78 is 7.34. The first kappa shape index (κ1) is 18.1. The summed E-state index contributed by atoms with van der Waals surface area (Å²) in [4.78, 5) is 18.0. The predicted molar refractivity (Wildman–Crippen MR) is 104 cm³/mol. The average Bonchev–Trinajstić information content (AvgIpc) is 3.15. The maximum Gasteiger partial charge on any atom is 0.253 e. The summed E-state index contributed by atoms with van der Waals surface area (Å²) in [5.74, 6) is 1.60. The Morgan fingerprint density at radius 1 is 1.19 bits per heavy atom. The Balaban J connectivity index is 1.71. The summed E-state index contributed by atoms with van der Waals surface area (Å²) in [6.07, 6.45) is 3.73. The Bertz CT molecular complexity index is 888. The molecule has 3 aromatic rings. The van der Waals surface area contributed by atoms with E-state index < -0.39 is 0 Å². The zero-order chi connectivity index (χ0) is 18.5. The Kier molecular flexibility index (Phi) is 5.63. The van der Waals surface area contributed by atoms with Crippen molar-refractivity contribution in [3.05, 3.63) is 72.1 Å². The second-order valence-electron chi connectivity index (χ2n) is 5.97. The van der Waals surface area contributed by atoms with Gasteiger partial charge in [-0.05, 0) is 29.8 Å². The maximum atomic E-state index is 12.0. The smallest absolute Gasteiger partial charge is 0.253 e. The Morgan fingerprint density at radius 2 is 1.96 bits per heavy atom. The average molecular weight is 367 g/mol. The van der Waals surface area contributed by atoms with E-state index in [4.69, 9.17) is 4.74 Å². The van der Waals surface area contributed by atoms with E-state index in [1.54, 1.807) is 44.1 Å². The minimum atomic E-state index is 0.0118. The van der Waals surface area contributed by atoms with E-state index in [-0.39, 0.29) is 5.91 Å². The number of rotatable bonds is 6. The molecule has 0 saturated carbocycles. The third-order valence-corrected chi connectivity index (χ3v) is 4.95. The molecule has 3 rings (SSSR count).